The van der Waals surface area contributed by atoms with E-state index in [0.717, 1.165) is 15.3 Å². The van der Waals surface area contributed by atoms with E-state index in [1.807, 2.05) is 44.2 Å². The lowest BCUT2D eigenvalue weighted by atomic mass is 10.2. The molecule has 0 fully saturated rings. The van der Waals surface area contributed by atoms with Crippen LogP contribution in [0.2, 0.25) is 0 Å². The quantitative estimate of drug-likeness (QED) is 0.781. The average Bonchev–Trinajstić information content (AvgIpc) is 2.91. The van der Waals surface area contributed by atoms with Gasteiger partial charge in [0.05, 0.1) is 18.3 Å². The Labute approximate surface area is 137 Å². The van der Waals surface area contributed by atoms with Gasteiger partial charge >= 0.3 is 0 Å². The molecule has 1 atom stereocenters. The summed E-state index contributed by atoms with van der Waals surface area (Å²) in [6.07, 6.45) is 0.698. The van der Waals surface area contributed by atoms with Gasteiger partial charge in [0.25, 0.3) is 5.56 Å². The second-order valence-corrected chi connectivity index (χ2v) is 6.79. The van der Waals surface area contributed by atoms with Gasteiger partial charge in [0, 0.05) is 4.88 Å². The Hall–Kier alpha value is -2.18. The highest BCUT2D eigenvalue weighted by Crippen LogP contribution is 2.19. The number of aromatic nitrogens is 2. The van der Waals surface area contributed by atoms with Crippen LogP contribution in [-0.4, -0.2) is 27.4 Å². The van der Waals surface area contributed by atoms with Crippen molar-refractivity contribution in [1.29, 1.82) is 0 Å². The number of aliphatic hydroxyl groups excluding tert-OH is 1. The Morgan fingerprint density at radius 3 is 2.78 bits per heavy atom. The summed E-state index contributed by atoms with van der Waals surface area (Å²) in [6.45, 7) is 4.22. The van der Waals surface area contributed by atoms with Crippen LogP contribution in [0.5, 0.6) is 5.75 Å². The molecule has 5 nitrogen and oxygen atoms in total. The Bertz CT molecular complexity index is 868. The molecule has 3 rings (SSSR count). The highest BCUT2D eigenvalue weighted by Gasteiger charge is 2.11. The van der Waals surface area contributed by atoms with Gasteiger partial charge in [-0.3, -0.25) is 9.36 Å². The first-order valence-corrected chi connectivity index (χ1v) is 8.17. The van der Waals surface area contributed by atoms with Gasteiger partial charge in [0.1, 0.15) is 23.3 Å². The SMILES string of the molecule is Cc1ccc(OCC(O)Cn2cnc3sc(C)cc3c2=O)cc1. The number of rotatable bonds is 5. The van der Waals surface area contributed by atoms with Crippen molar-refractivity contribution in [3.05, 3.63) is 57.5 Å². The van der Waals surface area contributed by atoms with Gasteiger partial charge in [-0.05, 0) is 32.0 Å². The van der Waals surface area contributed by atoms with Crippen LogP contribution in [0.25, 0.3) is 10.2 Å². The second-order valence-electron chi connectivity index (χ2n) is 5.56. The van der Waals surface area contributed by atoms with E-state index in [1.54, 1.807) is 0 Å². The molecular weight excluding hydrogens is 312 g/mol. The minimum absolute atomic E-state index is 0.121. The fraction of sp³-hybridized carbons (Fsp3) is 0.294. The molecule has 0 spiro atoms. The molecule has 0 bridgehead atoms. The van der Waals surface area contributed by atoms with Gasteiger partial charge in [-0.25, -0.2) is 4.98 Å². The molecule has 6 heteroatoms. The zero-order valence-electron chi connectivity index (χ0n) is 13.0. The molecule has 3 aromatic rings. The maximum Gasteiger partial charge on any atom is 0.262 e. The Kier molecular flexibility index (Phi) is 4.45. The van der Waals surface area contributed by atoms with E-state index in [9.17, 15) is 9.90 Å². The van der Waals surface area contributed by atoms with Crippen LogP contribution in [0, 0.1) is 13.8 Å². The van der Waals surface area contributed by atoms with E-state index in [2.05, 4.69) is 4.98 Å². The molecular formula is C17H18N2O3S. The number of aryl methyl sites for hydroxylation is 2. The van der Waals surface area contributed by atoms with E-state index in [1.165, 1.54) is 22.2 Å². The molecule has 1 aromatic carbocycles. The molecule has 0 saturated heterocycles. The summed E-state index contributed by atoms with van der Waals surface area (Å²) in [5, 5.41) is 10.7. The zero-order valence-corrected chi connectivity index (χ0v) is 13.8. The molecule has 2 aromatic heterocycles. The smallest absolute Gasteiger partial charge is 0.262 e. The average molecular weight is 330 g/mol. The molecule has 0 amide bonds. The van der Waals surface area contributed by atoms with Crippen LogP contribution < -0.4 is 10.3 Å². The van der Waals surface area contributed by atoms with E-state index in [0.29, 0.717) is 11.1 Å². The van der Waals surface area contributed by atoms with E-state index >= 15 is 0 Å². The Morgan fingerprint density at radius 2 is 2.04 bits per heavy atom. The number of fused-ring (bicyclic) bond motifs is 1. The monoisotopic (exact) mass is 330 g/mol. The van der Waals surface area contributed by atoms with Crippen molar-refractivity contribution in [2.75, 3.05) is 6.61 Å². The number of thiophene rings is 1. The largest absolute Gasteiger partial charge is 0.491 e. The number of benzene rings is 1. The lowest BCUT2D eigenvalue weighted by Gasteiger charge is -2.13. The van der Waals surface area contributed by atoms with Crippen LogP contribution in [0.1, 0.15) is 10.4 Å². The van der Waals surface area contributed by atoms with Crippen LogP contribution in [-0.2, 0) is 6.54 Å². The number of hydrogen-bond acceptors (Lipinski definition) is 5. The first-order valence-electron chi connectivity index (χ1n) is 7.36. The number of aliphatic hydroxyl groups is 1. The number of hydrogen-bond donors (Lipinski definition) is 1. The Balaban J connectivity index is 1.67. The summed E-state index contributed by atoms with van der Waals surface area (Å²) in [7, 11) is 0. The number of nitrogens with zero attached hydrogens (tertiary/aromatic N) is 2. The number of ether oxygens (including phenoxy) is 1. The van der Waals surface area contributed by atoms with E-state index < -0.39 is 6.10 Å². The first-order chi connectivity index (χ1) is 11.0. The summed E-state index contributed by atoms with van der Waals surface area (Å²) in [4.78, 5) is 18.4. The molecule has 120 valence electrons. The third-order valence-electron chi connectivity index (χ3n) is 3.51. The molecule has 0 saturated carbocycles. The standard InChI is InChI=1S/C17H18N2O3S/c1-11-3-5-14(6-4-11)22-9-13(20)8-19-10-18-16-15(17(19)21)7-12(2)23-16/h3-7,10,13,20H,8-9H2,1-2H3. The maximum atomic E-state index is 12.4. The van der Waals surface area contributed by atoms with Crippen molar-refractivity contribution in [1.82, 2.24) is 9.55 Å². The second kappa shape index (κ2) is 6.52. The van der Waals surface area contributed by atoms with E-state index in [-0.39, 0.29) is 18.7 Å². The first kappa shape index (κ1) is 15.7. The van der Waals surface area contributed by atoms with Crippen LogP contribution >= 0.6 is 11.3 Å². The van der Waals surface area contributed by atoms with Gasteiger partial charge in [-0.15, -0.1) is 11.3 Å². The molecule has 1 unspecified atom stereocenters. The minimum Gasteiger partial charge on any atom is -0.491 e. The van der Waals surface area contributed by atoms with Crippen molar-refractivity contribution in [3.8, 4) is 5.75 Å². The van der Waals surface area contributed by atoms with Crippen molar-refractivity contribution in [2.24, 2.45) is 0 Å². The summed E-state index contributed by atoms with van der Waals surface area (Å²) in [5.41, 5.74) is 1.02. The lowest BCUT2D eigenvalue weighted by Crippen LogP contribution is -2.30. The molecule has 0 aliphatic heterocycles. The topological polar surface area (TPSA) is 64.3 Å². The summed E-state index contributed by atoms with van der Waals surface area (Å²) >= 11 is 1.49. The fourth-order valence-electron chi connectivity index (χ4n) is 2.32. The summed E-state index contributed by atoms with van der Waals surface area (Å²) in [5.74, 6) is 0.698. The Morgan fingerprint density at radius 1 is 1.30 bits per heavy atom. The van der Waals surface area contributed by atoms with Crippen molar-refractivity contribution in [3.63, 3.8) is 0 Å². The zero-order chi connectivity index (χ0) is 16.4. The predicted octanol–water partition coefficient (Wildman–Crippen LogP) is 2.51. The van der Waals surface area contributed by atoms with Crippen LogP contribution in [0.3, 0.4) is 0 Å². The van der Waals surface area contributed by atoms with Gasteiger partial charge in [-0.2, -0.15) is 0 Å². The van der Waals surface area contributed by atoms with Crippen LogP contribution in [0.4, 0.5) is 0 Å². The van der Waals surface area contributed by atoms with Crippen LogP contribution in [0.15, 0.2) is 41.5 Å². The molecule has 2 heterocycles. The van der Waals surface area contributed by atoms with Crippen molar-refractivity contribution < 1.29 is 9.84 Å². The summed E-state index contributed by atoms with van der Waals surface area (Å²) in [6, 6.07) is 9.44. The lowest BCUT2D eigenvalue weighted by molar-refractivity contribution is 0.0915. The third-order valence-corrected chi connectivity index (χ3v) is 4.47. The van der Waals surface area contributed by atoms with Gasteiger partial charge in [0.2, 0.25) is 0 Å². The molecule has 23 heavy (non-hydrogen) atoms. The van der Waals surface area contributed by atoms with Crippen molar-refractivity contribution in [2.45, 2.75) is 26.5 Å². The molecule has 1 N–H and O–H groups in total. The molecule has 0 aliphatic carbocycles. The summed E-state index contributed by atoms with van der Waals surface area (Å²) < 4.78 is 6.97. The third kappa shape index (κ3) is 3.60. The normalized spacial score (nSPS) is 12.5. The fourth-order valence-corrected chi connectivity index (χ4v) is 3.15. The molecule has 0 radical (unpaired) electrons. The van der Waals surface area contributed by atoms with Gasteiger partial charge < -0.3 is 9.84 Å². The van der Waals surface area contributed by atoms with E-state index in [4.69, 9.17) is 4.74 Å². The highest BCUT2D eigenvalue weighted by molar-refractivity contribution is 7.18. The van der Waals surface area contributed by atoms with Gasteiger partial charge in [0.15, 0.2) is 0 Å². The van der Waals surface area contributed by atoms with Gasteiger partial charge in [-0.1, -0.05) is 17.7 Å². The molecule has 0 aliphatic rings. The van der Waals surface area contributed by atoms with Crippen molar-refractivity contribution >= 4 is 21.6 Å². The maximum absolute atomic E-state index is 12.4. The highest BCUT2D eigenvalue weighted by atomic mass is 32.1. The minimum atomic E-state index is -0.784. The predicted molar refractivity (Wildman–Crippen MR) is 91.3 cm³/mol.